The number of hydrogen-bond donors (Lipinski definition) is 2. The molecule has 126 valence electrons. The number of fused-ring (bicyclic) bond motifs is 1. The van der Waals surface area contributed by atoms with Crippen LogP contribution in [0, 0.1) is 11.3 Å². The molecule has 4 heteroatoms. The number of phenols is 1. The molecule has 4 nitrogen and oxygen atoms in total. The number of aromatic hydroxyl groups is 1. The average molecular weight is 324 g/mol. The first-order chi connectivity index (χ1) is 11.3. The molecule has 0 spiro atoms. The van der Waals surface area contributed by atoms with E-state index in [1.165, 1.54) is 6.42 Å². The molecular formula is C20H24N2O2. The van der Waals surface area contributed by atoms with Gasteiger partial charge in [0, 0.05) is 5.71 Å². The second-order valence-corrected chi connectivity index (χ2v) is 7.69. The molecule has 2 aromatic rings. The highest BCUT2D eigenvalue weighted by Gasteiger charge is 2.29. The van der Waals surface area contributed by atoms with Crippen LogP contribution in [0.2, 0.25) is 0 Å². The van der Waals surface area contributed by atoms with Gasteiger partial charge in [0.2, 0.25) is 0 Å². The van der Waals surface area contributed by atoms with Crippen molar-refractivity contribution in [3.8, 4) is 5.75 Å². The smallest absolute Gasteiger partial charge is 0.275 e. The second-order valence-electron chi connectivity index (χ2n) is 7.69. The van der Waals surface area contributed by atoms with Gasteiger partial charge in [-0.2, -0.15) is 5.10 Å². The predicted molar refractivity (Wildman–Crippen MR) is 97.3 cm³/mol. The molecule has 0 aromatic heterocycles. The van der Waals surface area contributed by atoms with Crippen LogP contribution in [0.15, 0.2) is 41.5 Å². The summed E-state index contributed by atoms with van der Waals surface area (Å²) in [4.78, 5) is 12.4. The van der Waals surface area contributed by atoms with Crippen molar-refractivity contribution in [2.75, 3.05) is 0 Å². The van der Waals surface area contributed by atoms with E-state index in [0.29, 0.717) is 5.92 Å². The molecule has 0 radical (unpaired) electrons. The van der Waals surface area contributed by atoms with Gasteiger partial charge in [-0.1, -0.05) is 45.0 Å². The summed E-state index contributed by atoms with van der Waals surface area (Å²) in [6, 6.07) is 11.0. The molecule has 1 aliphatic rings. The predicted octanol–water partition coefficient (Wildman–Crippen LogP) is 4.48. The highest BCUT2D eigenvalue weighted by Crippen LogP contribution is 2.36. The Labute approximate surface area is 142 Å². The Kier molecular flexibility index (Phi) is 4.31. The fourth-order valence-electron chi connectivity index (χ4n) is 3.80. The molecule has 1 amide bonds. The van der Waals surface area contributed by atoms with E-state index in [-0.39, 0.29) is 22.6 Å². The Morgan fingerprint density at radius 3 is 2.58 bits per heavy atom. The standard InChI is InChI=1S/C20H24N2O2/c1-13-8-16(12-20(2,3)11-13)21-22-19(24)17-9-14-6-4-5-7-15(14)10-18(17)23/h4-7,9-10,13,23H,8,11-12H2,1-3H3,(H,22,24)/b21-16-/t13-/m1/s1. The molecule has 2 N–H and O–H groups in total. The van der Waals surface area contributed by atoms with E-state index < -0.39 is 0 Å². The number of hydrazone groups is 1. The third-order valence-electron chi connectivity index (χ3n) is 4.59. The van der Waals surface area contributed by atoms with Crippen LogP contribution in [0.3, 0.4) is 0 Å². The fraction of sp³-hybridized carbons (Fsp3) is 0.400. The lowest BCUT2D eigenvalue weighted by molar-refractivity contribution is 0.0951. The van der Waals surface area contributed by atoms with Gasteiger partial charge in [-0.15, -0.1) is 0 Å². The molecule has 1 aliphatic carbocycles. The quantitative estimate of drug-likeness (QED) is 0.800. The van der Waals surface area contributed by atoms with E-state index in [0.717, 1.165) is 29.3 Å². The lowest BCUT2D eigenvalue weighted by Crippen LogP contribution is -2.30. The summed E-state index contributed by atoms with van der Waals surface area (Å²) in [6.07, 6.45) is 2.97. The lowest BCUT2D eigenvalue weighted by atomic mass is 9.72. The van der Waals surface area contributed by atoms with Crippen LogP contribution in [-0.4, -0.2) is 16.7 Å². The first kappa shape index (κ1) is 16.5. The van der Waals surface area contributed by atoms with Gasteiger partial charge in [0.15, 0.2) is 0 Å². The van der Waals surface area contributed by atoms with Crippen LogP contribution in [0.25, 0.3) is 10.8 Å². The molecule has 2 aromatic carbocycles. The van der Waals surface area contributed by atoms with E-state index in [9.17, 15) is 9.90 Å². The average Bonchev–Trinajstić information content (AvgIpc) is 2.50. The van der Waals surface area contributed by atoms with Gasteiger partial charge in [0.05, 0.1) is 5.56 Å². The number of carbonyl (C=O) groups is 1. The molecule has 0 aliphatic heterocycles. The zero-order chi connectivity index (χ0) is 17.3. The first-order valence-corrected chi connectivity index (χ1v) is 8.42. The molecule has 0 saturated heterocycles. The highest BCUT2D eigenvalue weighted by molar-refractivity contribution is 6.02. The van der Waals surface area contributed by atoms with Gasteiger partial charge >= 0.3 is 0 Å². The third kappa shape index (κ3) is 3.58. The number of nitrogens with one attached hydrogen (secondary N) is 1. The summed E-state index contributed by atoms with van der Waals surface area (Å²) in [5.41, 5.74) is 4.11. The van der Waals surface area contributed by atoms with Crippen molar-refractivity contribution in [2.24, 2.45) is 16.4 Å². The molecule has 3 rings (SSSR count). The van der Waals surface area contributed by atoms with Crippen molar-refractivity contribution in [1.29, 1.82) is 0 Å². The van der Waals surface area contributed by atoms with Crippen molar-refractivity contribution in [2.45, 2.75) is 40.0 Å². The van der Waals surface area contributed by atoms with Crippen LogP contribution < -0.4 is 5.43 Å². The molecule has 0 unspecified atom stereocenters. The number of amides is 1. The van der Waals surface area contributed by atoms with E-state index in [4.69, 9.17) is 0 Å². The summed E-state index contributed by atoms with van der Waals surface area (Å²) in [5.74, 6) is 0.170. The zero-order valence-corrected chi connectivity index (χ0v) is 14.5. The van der Waals surface area contributed by atoms with Crippen LogP contribution in [-0.2, 0) is 0 Å². The molecule has 0 heterocycles. The van der Waals surface area contributed by atoms with Gasteiger partial charge in [0.1, 0.15) is 5.75 Å². The van der Waals surface area contributed by atoms with Crippen molar-refractivity contribution >= 4 is 22.4 Å². The first-order valence-electron chi connectivity index (χ1n) is 8.42. The second kappa shape index (κ2) is 6.27. The lowest BCUT2D eigenvalue weighted by Gasteiger charge is -2.34. The van der Waals surface area contributed by atoms with E-state index >= 15 is 0 Å². The molecule has 24 heavy (non-hydrogen) atoms. The SMILES string of the molecule is C[C@@H]1C/C(=N/NC(=O)c2cc3ccccc3cc2O)CC(C)(C)C1. The Balaban J connectivity index is 1.80. The topological polar surface area (TPSA) is 61.7 Å². The van der Waals surface area contributed by atoms with E-state index in [1.807, 2.05) is 24.3 Å². The van der Waals surface area contributed by atoms with Crippen LogP contribution in [0.4, 0.5) is 0 Å². The minimum absolute atomic E-state index is 0.0243. The van der Waals surface area contributed by atoms with Crippen molar-refractivity contribution in [3.05, 3.63) is 42.0 Å². The zero-order valence-electron chi connectivity index (χ0n) is 14.5. The van der Waals surface area contributed by atoms with Crippen molar-refractivity contribution in [1.82, 2.24) is 5.43 Å². The molecule has 1 atom stereocenters. The van der Waals surface area contributed by atoms with Crippen molar-refractivity contribution in [3.63, 3.8) is 0 Å². The largest absolute Gasteiger partial charge is 0.507 e. The van der Waals surface area contributed by atoms with Gasteiger partial charge in [-0.05, 0) is 53.5 Å². The number of benzene rings is 2. The van der Waals surface area contributed by atoms with Crippen LogP contribution in [0.5, 0.6) is 5.75 Å². The minimum Gasteiger partial charge on any atom is -0.507 e. The highest BCUT2D eigenvalue weighted by atomic mass is 16.3. The molecule has 0 bridgehead atoms. The Morgan fingerprint density at radius 1 is 1.25 bits per heavy atom. The molecule has 1 fully saturated rings. The summed E-state index contributed by atoms with van der Waals surface area (Å²) in [7, 11) is 0. The number of nitrogens with zero attached hydrogens (tertiary/aromatic N) is 1. The summed E-state index contributed by atoms with van der Waals surface area (Å²) in [6.45, 7) is 6.68. The monoisotopic (exact) mass is 324 g/mol. The summed E-state index contributed by atoms with van der Waals surface area (Å²) < 4.78 is 0. The van der Waals surface area contributed by atoms with Gasteiger partial charge < -0.3 is 5.11 Å². The minimum atomic E-state index is -0.373. The van der Waals surface area contributed by atoms with Crippen molar-refractivity contribution < 1.29 is 9.90 Å². The van der Waals surface area contributed by atoms with Gasteiger partial charge in [-0.3, -0.25) is 4.79 Å². The number of carbonyl (C=O) groups excluding carboxylic acids is 1. The Bertz CT molecular complexity index is 808. The normalized spacial score (nSPS) is 21.8. The van der Waals surface area contributed by atoms with E-state index in [1.54, 1.807) is 12.1 Å². The Morgan fingerprint density at radius 2 is 1.92 bits per heavy atom. The maximum Gasteiger partial charge on any atom is 0.275 e. The number of phenolic OH excluding ortho intramolecular Hbond substituents is 1. The van der Waals surface area contributed by atoms with Gasteiger partial charge in [0.25, 0.3) is 5.91 Å². The van der Waals surface area contributed by atoms with E-state index in [2.05, 4.69) is 31.3 Å². The maximum absolute atomic E-state index is 12.4. The number of hydrogen-bond acceptors (Lipinski definition) is 3. The summed E-state index contributed by atoms with van der Waals surface area (Å²) in [5, 5.41) is 16.3. The van der Waals surface area contributed by atoms with Crippen LogP contribution >= 0.6 is 0 Å². The van der Waals surface area contributed by atoms with Crippen LogP contribution in [0.1, 0.15) is 50.4 Å². The maximum atomic E-state index is 12.4. The molecular weight excluding hydrogens is 300 g/mol. The molecule has 1 saturated carbocycles. The fourth-order valence-corrected chi connectivity index (χ4v) is 3.80. The van der Waals surface area contributed by atoms with Gasteiger partial charge in [-0.25, -0.2) is 5.43 Å². The third-order valence-corrected chi connectivity index (χ3v) is 4.59. The summed E-state index contributed by atoms with van der Waals surface area (Å²) >= 11 is 0. The number of rotatable bonds is 2. The Hall–Kier alpha value is -2.36.